The summed E-state index contributed by atoms with van der Waals surface area (Å²) < 4.78 is 18.7. The van der Waals surface area contributed by atoms with Crippen molar-refractivity contribution >= 4 is 39.8 Å². The molecule has 1 aliphatic rings. The number of para-hydroxylation sites is 1. The first-order valence-electron chi connectivity index (χ1n) is 9.35. The van der Waals surface area contributed by atoms with Crippen molar-refractivity contribution in [3.8, 4) is 0 Å². The van der Waals surface area contributed by atoms with Crippen molar-refractivity contribution < 1.29 is 23.5 Å². The van der Waals surface area contributed by atoms with E-state index in [9.17, 15) is 18.8 Å². The number of halogens is 1. The van der Waals surface area contributed by atoms with Crippen LogP contribution < -0.4 is 16.0 Å². The number of amides is 2. The van der Waals surface area contributed by atoms with Gasteiger partial charge in [0.25, 0.3) is 5.91 Å². The van der Waals surface area contributed by atoms with Crippen LogP contribution in [0.25, 0.3) is 0 Å². The van der Waals surface area contributed by atoms with Gasteiger partial charge < -0.3 is 20.7 Å². The summed E-state index contributed by atoms with van der Waals surface area (Å²) in [6, 6.07) is 6.61. The van der Waals surface area contributed by atoms with Gasteiger partial charge >= 0.3 is 5.97 Å². The molecule has 0 saturated carbocycles. The molecule has 0 unspecified atom stereocenters. The SMILES string of the molecule is COC(=O)c1c(NC(=O)CN2CCN(c3ccccc3F)CC2)sc(C(N)=O)c1C. The zero-order chi connectivity index (χ0) is 21.8. The number of nitrogens with two attached hydrogens (primary N) is 1. The first kappa shape index (κ1) is 21.7. The fraction of sp³-hybridized carbons (Fsp3) is 0.350. The van der Waals surface area contributed by atoms with E-state index in [4.69, 9.17) is 10.5 Å². The van der Waals surface area contributed by atoms with Gasteiger partial charge in [-0.15, -0.1) is 11.3 Å². The topological polar surface area (TPSA) is 105 Å². The van der Waals surface area contributed by atoms with Crippen molar-refractivity contribution in [2.45, 2.75) is 6.92 Å². The minimum Gasteiger partial charge on any atom is -0.465 e. The summed E-state index contributed by atoms with van der Waals surface area (Å²) in [5, 5.41) is 2.94. The van der Waals surface area contributed by atoms with Crippen LogP contribution in [0, 0.1) is 12.7 Å². The molecule has 1 fully saturated rings. The second-order valence-electron chi connectivity index (χ2n) is 6.88. The maximum Gasteiger partial charge on any atom is 0.341 e. The van der Waals surface area contributed by atoms with Crippen LogP contribution in [0.2, 0.25) is 0 Å². The van der Waals surface area contributed by atoms with Gasteiger partial charge in [-0.25, -0.2) is 9.18 Å². The number of esters is 1. The van der Waals surface area contributed by atoms with Gasteiger partial charge in [-0.2, -0.15) is 0 Å². The Hall–Kier alpha value is -2.98. The van der Waals surface area contributed by atoms with E-state index in [1.165, 1.54) is 13.2 Å². The van der Waals surface area contributed by atoms with Crippen molar-refractivity contribution in [1.82, 2.24) is 4.90 Å². The Morgan fingerprint density at radius 3 is 2.47 bits per heavy atom. The average molecular weight is 434 g/mol. The highest BCUT2D eigenvalue weighted by atomic mass is 32.1. The number of nitrogens with zero attached hydrogens (tertiary/aromatic N) is 2. The van der Waals surface area contributed by atoms with Gasteiger partial charge in [0.1, 0.15) is 10.8 Å². The number of anilines is 2. The van der Waals surface area contributed by atoms with Crippen LogP contribution in [0.1, 0.15) is 25.6 Å². The minimum atomic E-state index is -0.674. The Kier molecular flexibility index (Phi) is 6.68. The van der Waals surface area contributed by atoms with Gasteiger partial charge in [-0.05, 0) is 24.6 Å². The average Bonchev–Trinajstić information content (AvgIpc) is 3.04. The monoisotopic (exact) mass is 434 g/mol. The molecule has 3 N–H and O–H groups in total. The van der Waals surface area contributed by atoms with Crippen LogP contribution in [0.5, 0.6) is 0 Å². The van der Waals surface area contributed by atoms with Gasteiger partial charge in [0.15, 0.2) is 0 Å². The molecule has 10 heteroatoms. The predicted molar refractivity (Wildman–Crippen MR) is 113 cm³/mol. The van der Waals surface area contributed by atoms with E-state index in [1.54, 1.807) is 25.1 Å². The zero-order valence-electron chi connectivity index (χ0n) is 16.7. The minimum absolute atomic E-state index is 0.106. The first-order chi connectivity index (χ1) is 14.3. The van der Waals surface area contributed by atoms with Crippen LogP contribution in [-0.4, -0.2) is 62.5 Å². The lowest BCUT2D eigenvalue weighted by Crippen LogP contribution is -2.48. The first-order valence-corrected chi connectivity index (χ1v) is 10.2. The molecule has 8 nitrogen and oxygen atoms in total. The summed E-state index contributed by atoms with van der Waals surface area (Å²) in [6.45, 7) is 4.04. The maximum absolute atomic E-state index is 14.0. The van der Waals surface area contributed by atoms with E-state index in [1.807, 2.05) is 9.80 Å². The molecule has 1 saturated heterocycles. The molecule has 1 aliphatic heterocycles. The molecule has 0 spiro atoms. The van der Waals surface area contributed by atoms with Crippen molar-refractivity contribution in [2.24, 2.45) is 5.73 Å². The number of benzene rings is 1. The van der Waals surface area contributed by atoms with E-state index < -0.39 is 11.9 Å². The second kappa shape index (κ2) is 9.23. The maximum atomic E-state index is 14.0. The van der Waals surface area contributed by atoms with E-state index in [0.717, 1.165) is 11.3 Å². The van der Waals surface area contributed by atoms with Gasteiger partial charge in [0.05, 0.1) is 29.8 Å². The summed E-state index contributed by atoms with van der Waals surface area (Å²) >= 11 is 0.952. The van der Waals surface area contributed by atoms with Gasteiger partial charge in [-0.1, -0.05) is 12.1 Å². The molecule has 160 valence electrons. The molecule has 2 heterocycles. The molecule has 1 aromatic heterocycles. The third-order valence-electron chi connectivity index (χ3n) is 4.95. The number of primary amides is 1. The highest BCUT2D eigenvalue weighted by Crippen LogP contribution is 2.33. The third kappa shape index (κ3) is 4.60. The number of carbonyl (C=O) groups excluding carboxylic acids is 3. The summed E-state index contributed by atoms with van der Waals surface area (Å²) in [7, 11) is 1.23. The predicted octanol–water partition coefficient (Wildman–Crippen LogP) is 1.84. The number of hydrogen-bond donors (Lipinski definition) is 2. The highest BCUT2D eigenvalue weighted by molar-refractivity contribution is 7.18. The van der Waals surface area contributed by atoms with Gasteiger partial charge in [-0.3, -0.25) is 14.5 Å². The smallest absolute Gasteiger partial charge is 0.341 e. The molecule has 30 heavy (non-hydrogen) atoms. The molecule has 2 amide bonds. The van der Waals surface area contributed by atoms with Crippen LogP contribution in [-0.2, 0) is 9.53 Å². The van der Waals surface area contributed by atoms with Crippen LogP contribution in [0.4, 0.5) is 15.1 Å². The molecule has 0 aliphatic carbocycles. The Labute approximate surface area is 177 Å². The molecular formula is C20H23FN4O4S. The lowest BCUT2D eigenvalue weighted by Gasteiger charge is -2.35. The number of nitrogens with one attached hydrogen (secondary N) is 1. The fourth-order valence-corrected chi connectivity index (χ4v) is 4.47. The second-order valence-corrected chi connectivity index (χ2v) is 7.90. The van der Waals surface area contributed by atoms with Crippen LogP contribution in [0.3, 0.4) is 0 Å². The Morgan fingerprint density at radius 1 is 1.20 bits per heavy atom. The number of piperazine rings is 1. The molecule has 2 aromatic rings. The Morgan fingerprint density at radius 2 is 1.87 bits per heavy atom. The Balaban J connectivity index is 1.63. The summed E-state index contributed by atoms with van der Waals surface area (Å²) in [6.07, 6.45) is 0. The zero-order valence-corrected chi connectivity index (χ0v) is 17.6. The standard InChI is InChI=1S/C20H23FN4O4S/c1-12-16(20(28)29-2)19(30-17(12)18(22)27)23-15(26)11-24-7-9-25(10-8-24)14-6-4-3-5-13(14)21/h3-6H,7-11H2,1-2H3,(H2,22,27)(H,23,26). The number of thiophene rings is 1. The molecule has 1 aromatic carbocycles. The lowest BCUT2D eigenvalue weighted by molar-refractivity contribution is -0.117. The molecule has 0 radical (unpaired) electrons. The molecule has 3 rings (SSSR count). The molecule has 0 atom stereocenters. The number of carbonyl (C=O) groups is 3. The molecule has 0 bridgehead atoms. The van der Waals surface area contributed by atoms with Gasteiger partial charge in [0.2, 0.25) is 5.91 Å². The van der Waals surface area contributed by atoms with E-state index >= 15 is 0 Å². The fourth-order valence-electron chi connectivity index (χ4n) is 3.41. The van der Waals surface area contributed by atoms with E-state index in [2.05, 4.69) is 5.32 Å². The number of ether oxygens (including phenoxy) is 1. The van der Waals surface area contributed by atoms with Crippen LogP contribution >= 0.6 is 11.3 Å². The number of rotatable bonds is 6. The van der Waals surface area contributed by atoms with Crippen LogP contribution in [0.15, 0.2) is 24.3 Å². The summed E-state index contributed by atoms with van der Waals surface area (Å²) in [5.74, 6) is -1.91. The third-order valence-corrected chi connectivity index (χ3v) is 6.17. The quantitative estimate of drug-likeness (QED) is 0.673. The number of hydrogen-bond acceptors (Lipinski definition) is 7. The lowest BCUT2D eigenvalue weighted by atomic mass is 10.1. The summed E-state index contributed by atoms with van der Waals surface area (Å²) in [4.78, 5) is 40.3. The highest BCUT2D eigenvalue weighted by Gasteiger charge is 2.26. The normalized spacial score (nSPS) is 14.4. The Bertz CT molecular complexity index is 970. The van der Waals surface area contributed by atoms with E-state index in [-0.39, 0.29) is 33.7 Å². The molecular weight excluding hydrogens is 411 g/mol. The number of methoxy groups -OCH3 is 1. The van der Waals surface area contributed by atoms with Gasteiger partial charge in [0, 0.05) is 26.2 Å². The van der Waals surface area contributed by atoms with Crippen molar-refractivity contribution in [2.75, 3.05) is 50.1 Å². The van der Waals surface area contributed by atoms with Crippen molar-refractivity contribution in [3.05, 3.63) is 46.1 Å². The van der Waals surface area contributed by atoms with E-state index in [0.29, 0.717) is 37.4 Å². The summed E-state index contributed by atoms with van der Waals surface area (Å²) in [5.41, 5.74) is 6.43. The van der Waals surface area contributed by atoms with Crippen molar-refractivity contribution in [3.63, 3.8) is 0 Å². The van der Waals surface area contributed by atoms with Crippen molar-refractivity contribution in [1.29, 1.82) is 0 Å². The largest absolute Gasteiger partial charge is 0.465 e.